The van der Waals surface area contributed by atoms with Crippen molar-refractivity contribution in [3.8, 4) is 11.5 Å². The lowest BCUT2D eigenvalue weighted by Gasteiger charge is -2.34. The first-order valence-electron chi connectivity index (χ1n) is 13.2. The molecule has 9 nitrogen and oxygen atoms in total. The number of amides is 2. The van der Waals surface area contributed by atoms with E-state index in [1.807, 2.05) is 0 Å². The maximum atomic E-state index is 14.0. The minimum atomic E-state index is -3.95. The lowest BCUT2D eigenvalue weighted by atomic mass is 9.95. The van der Waals surface area contributed by atoms with E-state index < -0.39 is 28.5 Å². The molecule has 0 aliphatic heterocycles. The standard InChI is InChI=1S/C28H37Cl2N3O6S/c1-5-24(28(35)31-19-10-7-6-8-11-19)32(17-21-22(29)12-9-13-23(21)30)27(34)18-33(40(4,36)37)25-15-14-20(38-2)16-26(25)39-3/h9,12-16,19,24H,5-8,10-11,17-18H2,1-4H3,(H,31,35)/t24-/m0/s1. The maximum absolute atomic E-state index is 14.0. The number of rotatable bonds is 12. The molecule has 1 saturated carbocycles. The average molecular weight is 615 g/mol. The normalized spacial score (nSPS) is 14.8. The van der Waals surface area contributed by atoms with Gasteiger partial charge in [0.2, 0.25) is 21.8 Å². The zero-order chi connectivity index (χ0) is 29.4. The van der Waals surface area contributed by atoms with Gasteiger partial charge in [0.1, 0.15) is 24.1 Å². The number of hydrogen-bond acceptors (Lipinski definition) is 6. The second kappa shape index (κ2) is 14.3. The molecular weight excluding hydrogens is 577 g/mol. The highest BCUT2D eigenvalue weighted by Gasteiger charge is 2.34. The number of carbonyl (C=O) groups excluding carboxylic acids is 2. The van der Waals surface area contributed by atoms with Gasteiger partial charge in [0.05, 0.1) is 26.2 Å². The monoisotopic (exact) mass is 613 g/mol. The molecule has 0 unspecified atom stereocenters. The summed E-state index contributed by atoms with van der Waals surface area (Å²) < 4.78 is 37.5. The molecule has 3 rings (SSSR count). The molecule has 2 aromatic carbocycles. The SMILES string of the molecule is CC[C@@H](C(=O)NC1CCCCC1)N(Cc1c(Cl)cccc1Cl)C(=O)CN(c1ccc(OC)cc1OC)S(C)(=O)=O. The summed E-state index contributed by atoms with van der Waals surface area (Å²) in [6.07, 6.45) is 6.27. The molecule has 0 aromatic heterocycles. The molecule has 40 heavy (non-hydrogen) atoms. The van der Waals surface area contributed by atoms with Gasteiger partial charge in [-0.3, -0.25) is 13.9 Å². The molecule has 1 N–H and O–H groups in total. The summed E-state index contributed by atoms with van der Waals surface area (Å²) in [4.78, 5) is 28.9. The van der Waals surface area contributed by atoms with Crippen LogP contribution < -0.4 is 19.1 Å². The Morgan fingerprint density at radius 1 is 1.05 bits per heavy atom. The third-order valence-electron chi connectivity index (χ3n) is 7.06. The smallest absolute Gasteiger partial charge is 0.244 e. The van der Waals surface area contributed by atoms with Crippen LogP contribution in [0.1, 0.15) is 51.0 Å². The van der Waals surface area contributed by atoms with Gasteiger partial charge in [0.15, 0.2) is 0 Å². The molecule has 2 amide bonds. The van der Waals surface area contributed by atoms with Crippen LogP contribution in [-0.4, -0.2) is 64.2 Å². The summed E-state index contributed by atoms with van der Waals surface area (Å²) in [7, 11) is -1.07. The average Bonchev–Trinajstić information content (AvgIpc) is 2.92. The number of nitrogens with zero attached hydrogens (tertiary/aromatic N) is 2. The van der Waals surface area contributed by atoms with Gasteiger partial charge in [0, 0.05) is 34.3 Å². The number of carbonyl (C=O) groups is 2. The number of anilines is 1. The number of nitrogens with one attached hydrogen (secondary N) is 1. The van der Waals surface area contributed by atoms with Crippen LogP contribution in [0, 0.1) is 0 Å². The van der Waals surface area contributed by atoms with Gasteiger partial charge in [-0.15, -0.1) is 0 Å². The Labute approximate surface area is 246 Å². The molecule has 0 saturated heterocycles. The van der Waals surface area contributed by atoms with Crippen LogP contribution in [0.4, 0.5) is 5.69 Å². The highest BCUT2D eigenvalue weighted by atomic mass is 35.5. The van der Waals surface area contributed by atoms with Gasteiger partial charge in [-0.2, -0.15) is 0 Å². The Morgan fingerprint density at radius 2 is 1.70 bits per heavy atom. The van der Waals surface area contributed by atoms with Crippen molar-refractivity contribution in [3.63, 3.8) is 0 Å². The number of halogens is 2. The Bertz CT molecular complexity index is 1280. The van der Waals surface area contributed by atoms with Gasteiger partial charge >= 0.3 is 0 Å². The zero-order valence-electron chi connectivity index (χ0n) is 23.3. The lowest BCUT2D eigenvalue weighted by molar-refractivity contribution is -0.140. The molecule has 1 aliphatic carbocycles. The first kappa shape index (κ1) is 31.8. The lowest BCUT2D eigenvalue weighted by Crippen LogP contribution is -2.54. The maximum Gasteiger partial charge on any atom is 0.244 e. The summed E-state index contributed by atoms with van der Waals surface area (Å²) in [6.45, 7) is 1.16. The van der Waals surface area contributed by atoms with Gasteiger partial charge in [0.25, 0.3) is 0 Å². The number of hydrogen-bond donors (Lipinski definition) is 1. The van der Waals surface area contributed by atoms with Crippen molar-refractivity contribution in [2.75, 3.05) is 31.3 Å². The molecular formula is C28H37Cl2N3O6S. The highest BCUT2D eigenvalue weighted by Crippen LogP contribution is 2.34. The quantitative estimate of drug-likeness (QED) is 0.360. The van der Waals surface area contributed by atoms with Crippen molar-refractivity contribution in [2.45, 2.75) is 64.1 Å². The summed E-state index contributed by atoms with van der Waals surface area (Å²) in [6, 6.07) is 8.77. The van der Waals surface area contributed by atoms with Crippen LogP contribution in [0.3, 0.4) is 0 Å². The van der Waals surface area contributed by atoms with Gasteiger partial charge < -0.3 is 19.7 Å². The Morgan fingerprint density at radius 3 is 2.25 bits per heavy atom. The van der Waals surface area contributed by atoms with E-state index >= 15 is 0 Å². The van der Waals surface area contributed by atoms with Gasteiger partial charge in [-0.25, -0.2) is 8.42 Å². The van der Waals surface area contributed by atoms with Crippen LogP contribution in [0.5, 0.6) is 11.5 Å². The van der Waals surface area contributed by atoms with Crippen molar-refractivity contribution in [3.05, 3.63) is 52.0 Å². The minimum absolute atomic E-state index is 0.0345. The fraction of sp³-hybridized carbons (Fsp3) is 0.500. The zero-order valence-corrected chi connectivity index (χ0v) is 25.6. The van der Waals surface area contributed by atoms with Gasteiger partial charge in [-0.1, -0.05) is 55.5 Å². The summed E-state index contributed by atoms with van der Waals surface area (Å²) >= 11 is 12.9. The predicted octanol–water partition coefficient (Wildman–Crippen LogP) is 5.03. The Hall–Kier alpha value is -2.69. The fourth-order valence-corrected chi connectivity index (χ4v) is 6.27. The molecule has 0 bridgehead atoms. The van der Waals surface area contributed by atoms with Crippen LogP contribution in [0.25, 0.3) is 0 Å². The molecule has 0 spiro atoms. The van der Waals surface area contributed by atoms with E-state index in [9.17, 15) is 18.0 Å². The first-order valence-corrected chi connectivity index (χ1v) is 15.8. The van der Waals surface area contributed by atoms with E-state index in [4.69, 9.17) is 32.7 Å². The largest absolute Gasteiger partial charge is 0.497 e. The predicted molar refractivity (Wildman–Crippen MR) is 158 cm³/mol. The minimum Gasteiger partial charge on any atom is -0.497 e. The summed E-state index contributed by atoms with van der Waals surface area (Å²) in [5.74, 6) is -0.218. The number of ether oxygens (including phenoxy) is 2. The van der Waals surface area contributed by atoms with E-state index in [0.717, 1.165) is 42.7 Å². The Balaban J connectivity index is 2.00. The number of methoxy groups -OCH3 is 2. The van der Waals surface area contributed by atoms with Gasteiger partial charge in [-0.05, 0) is 43.5 Å². The molecule has 1 atom stereocenters. The molecule has 1 fully saturated rings. The van der Waals surface area contributed by atoms with Crippen LogP contribution in [-0.2, 0) is 26.2 Å². The van der Waals surface area contributed by atoms with Crippen molar-refractivity contribution in [2.24, 2.45) is 0 Å². The van der Waals surface area contributed by atoms with Crippen LogP contribution in [0.15, 0.2) is 36.4 Å². The van der Waals surface area contributed by atoms with E-state index in [2.05, 4.69) is 5.32 Å². The van der Waals surface area contributed by atoms with Crippen LogP contribution >= 0.6 is 23.2 Å². The fourth-order valence-electron chi connectivity index (χ4n) is 4.90. The second-order valence-corrected chi connectivity index (χ2v) is 12.5. The molecule has 1 aliphatic rings. The van der Waals surface area contributed by atoms with E-state index in [0.29, 0.717) is 27.8 Å². The topological polar surface area (TPSA) is 105 Å². The molecule has 12 heteroatoms. The van der Waals surface area contributed by atoms with Crippen molar-refractivity contribution >= 4 is 50.7 Å². The van der Waals surface area contributed by atoms with E-state index in [1.54, 1.807) is 31.2 Å². The highest BCUT2D eigenvalue weighted by molar-refractivity contribution is 7.92. The van der Waals surface area contributed by atoms with Crippen molar-refractivity contribution in [1.82, 2.24) is 10.2 Å². The van der Waals surface area contributed by atoms with Crippen molar-refractivity contribution < 1.29 is 27.5 Å². The molecule has 220 valence electrons. The Kier molecular flexibility index (Phi) is 11.4. The number of benzene rings is 2. The van der Waals surface area contributed by atoms with E-state index in [1.165, 1.54) is 31.3 Å². The summed E-state index contributed by atoms with van der Waals surface area (Å²) in [5.41, 5.74) is 0.630. The molecule has 2 aromatic rings. The first-order chi connectivity index (χ1) is 19.0. The third kappa shape index (κ3) is 7.95. The summed E-state index contributed by atoms with van der Waals surface area (Å²) in [5, 5.41) is 3.78. The third-order valence-corrected chi connectivity index (χ3v) is 8.90. The number of sulfonamides is 1. The molecule has 0 radical (unpaired) electrons. The molecule has 0 heterocycles. The van der Waals surface area contributed by atoms with Crippen molar-refractivity contribution in [1.29, 1.82) is 0 Å². The van der Waals surface area contributed by atoms with Crippen LogP contribution in [0.2, 0.25) is 10.0 Å². The second-order valence-electron chi connectivity index (χ2n) is 9.80. The van der Waals surface area contributed by atoms with E-state index in [-0.39, 0.29) is 29.9 Å².